The minimum Gasteiger partial charge on any atom is -0.0799 e. The summed E-state index contributed by atoms with van der Waals surface area (Å²) in [6.07, 6.45) is 4.73. The highest BCUT2D eigenvalue weighted by Crippen LogP contribution is 2.42. The number of allylic oxidation sites excluding steroid dienone is 4. The third-order valence-corrected chi connectivity index (χ3v) is 2.96. The van der Waals surface area contributed by atoms with Crippen molar-refractivity contribution in [3.63, 3.8) is 0 Å². The molecule has 0 unspecified atom stereocenters. The fraction of sp³-hybridized carbons (Fsp3) is 0.714. The van der Waals surface area contributed by atoms with Gasteiger partial charge in [0.15, 0.2) is 0 Å². The molecule has 0 spiro atoms. The highest BCUT2D eigenvalue weighted by molar-refractivity contribution is 5.15. The zero-order valence-electron chi connectivity index (χ0n) is 11.2. The molecule has 0 heterocycles. The first-order valence-corrected chi connectivity index (χ1v) is 5.40. The topological polar surface area (TPSA) is 0 Å². The highest BCUT2D eigenvalue weighted by atomic mass is 14.4. The molecule has 82 valence electrons. The number of hydrogen-bond acceptors (Lipinski definition) is 0. The van der Waals surface area contributed by atoms with E-state index in [-0.39, 0.29) is 10.8 Å². The maximum Gasteiger partial charge on any atom is -0.00866 e. The van der Waals surface area contributed by atoms with Crippen molar-refractivity contribution in [1.82, 2.24) is 0 Å². The van der Waals surface area contributed by atoms with Crippen molar-refractivity contribution < 1.29 is 0 Å². The van der Waals surface area contributed by atoms with Gasteiger partial charge in [-0.25, -0.2) is 0 Å². The van der Waals surface area contributed by atoms with Gasteiger partial charge in [0.1, 0.15) is 0 Å². The van der Waals surface area contributed by atoms with Crippen LogP contribution in [0.1, 0.15) is 55.4 Å². The molecule has 0 saturated carbocycles. The Morgan fingerprint density at radius 3 is 1.00 bits per heavy atom. The van der Waals surface area contributed by atoms with Gasteiger partial charge in [0.25, 0.3) is 0 Å². The molecule has 0 bridgehead atoms. The summed E-state index contributed by atoms with van der Waals surface area (Å²) in [4.78, 5) is 0. The van der Waals surface area contributed by atoms with Crippen LogP contribution in [0.5, 0.6) is 0 Å². The van der Waals surface area contributed by atoms with E-state index in [9.17, 15) is 0 Å². The summed E-state index contributed by atoms with van der Waals surface area (Å²) in [5.74, 6) is 0. The fourth-order valence-electron chi connectivity index (χ4n) is 1.82. The molecule has 14 heavy (non-hydrogen) atoms. The molecule has 0 N–H and O–H groups in total. The van der Waals surface area contributed by atoms with Crippen LogP contribution in [0.4, 0.5) is 0 Å². The smallest absolute Gasteiger partial charge is 0.00866 e. The molecule has 0 heteroatoms. The van der Waals surface area contributed by atoms with E-state index in [0.717, 1.165) is 0 Å². The Kier molecular flexibility index (Phi) is 4.17. The van der Waals surface area contributed by atoms with Crippen LogP contribution in [0.3, 0.4) is 0 Å². The summed E-state index contributed by atoms with van der Waals surface area (Å²) in [5, 5.41) is 0. The van der Waals surface area contributed by atoms with E-state index in [1.165, 1.54) is 11.1 Å². The summed E-state index contributed by atoms with van der Waals surface area (Å²) in [6.45, 7) is 17.9. The van der Waals surface area contributed by atoms with Gasteiger partial charge in [-0.3, -0.25) is 0 Å². The van der Waals surface area contributed by atoms with Crippen molar-refractivity contribution in [3.8, 4) is 0 Å². The second kappa shape index (κ2) is 4.33. The number of rotatable bonds is 3. The van der Waals surface area contributed by atoms with Gasteiger partial charge in [-0.1, -0.05) is 51.0 Å². The minimum atomic E-state index is 0.211. The van der Waals surface area contributed by atoms with Crippen molar-refractivity contribution in [2.24, 2.45) is 10.8 Å². The van der Waals surface area contributed by atoms with Gasteiger partial charge < -0.3 is 0 Å². The second-order valence-electron chi connectivity index (χ2n) is 5.89. The zero-order valence-corrected chi connectivity index (χ0v) is 11.2. The maximum atomic E-state index is 2.37. The van der Waals surface area contributed by atoms with Crippen LogP contribution in [0.25, 0.3) is 0 Å². The molecule has 0 aliphatic heterocycles. The summed E-state index contributed by atoms with van der Waals surface area (Å²) < 4.78 is 0. The molecule has 0 atom stereocenters. The van der Waals surface area contributed by atoms with Gasteiger partial charge in [-0.15, -0.1) is 0 Å². The summed E-state index contributed by atoms with van der Waals surface area (Å²) >= 11 is 0. The van der Waals surface area contributed by atoms with Gasteiger partial charge in [-0.05, 0) is 38.5 Å². The Bertz CT molecular complexity index is 213. The van der Waals surface area contributed by atoms with Gasteiger partial charge >= 0.3 is 0 Å². The average molecular weight is 194 g/mol. The van der Waals surface area contributed by atoms with Gasteiger partial charge in [-0.2, -0.15) is 0 Å². The Hall–Kier alpha value is -0.520. The Labute approximate surface area is 90.1 Å². The Balaban J connectivity index is 5.07. The van der Waals surface area contributed by atoms with Crippen molar-refractivity contribution >= 4 is 0 Å². The minimum absolute atomic E-state index is 0.211. The van der Waals surface area contributed by atoms with Crippen LogP contribution in [-0.4, -0.2) is 0 Å². The molecule has 0 aliphatic rings. The molecule has 0 aromatic carbocycles. The van der Waals surface area contributed by atoms with E-state index in [4.69, 9.17) is 0 Å². The SMILES string of the molecule is CC(C)=CC(C)(C)C(C)(C)C=C(C)C. The summed E-state index contributed by atoms with van der Waals surface area (Å²) in [6, 6.07) is 0. The average Bonchev–Trinajstić information content (AvgIpc) is 1.78. The Morgan fingerprint density at radius 2 is 0.857 bits per heavy atom. The molecular formula is C14H26. The first-order valence-electron chi connectivity index (χ1n) is 5.40. The van der Waals surface area contributed by atoms with Crippen molar-refractivity contribution in [1.29, 1.82) is 0 Å². The summed E-state index contributed by atoms with van der Waals surface area (Å²) in [7, 11) is 0. The van der Waals surface area contributed by atoms with Crippen molar-refractivity contribution in [2.45, 2.75) is 55.4 Å². The zero-order chi connectivity index (χ0) is 11.6. The highest BCUT2D eigenvalue weighted by Gasteiger charge is 2.32. The molecule has 0 aromatic heterocycles. The van der Waals surface area contributed by atoms with Crippen LogP contribution >= 0.6 is 0 Å². The second-order valence-corrected chi connectivity index (χ2v) is 5.89. The van der Waals surface area contributed by atoms with E-state index in [1.54, 1.807) is 0 Å². The Morgan fingerprint density at radius 1 is 0.643 bits per heavy atom. The van der Waals surface area contributed by atoms with E-state index in [0.29, 0.717) is 0 Å². The van der Waals surface area contributed by atoms with Crippen LogP contribution < -0.4 is 0 Å². The van der Waals surface area contributed by atoms with Gasteiger partial charge in [0.05, 0.1) is 0 Å². The molecule has 0 nitrogen and oxygen atoms in total. The number of hydrogen-bond donors (Lipinski definition) is 0. The van der Waals surface area contributed by atoms with Crippen LogP contribution in [0.15, 0.2) is 23.3 Å². The fourth-order valence-corrected chi connectivity index (χ4v) is 1.82. The van der Waals surface area contributed by atoms with Crippen molar-refractivity contribution in [3.05, 3.63) is 23.3 Å². The maximum absolute atomic E-state index is 2.37. The van der Waals surface area contributed by atoms with Crippen molar-refractivity contribution in [2.75, 3.05) is 0 Å². The lowest BCUT2D eigenvalue weighted by Crippen LogP contribution is -2.29. The van der Waals surface area contributed by atoms with E-state index in [2.05, 4.69) is 67.5 Å². The predicted molar refractivity (Wildman–Crippen MR) is 66.4 cm³/mol. The van der Waals surface area contributed by atoms with E-state index >= 15 is 0 Å². The standard InChI is InChI=1S/C14H26/c1-11(2)9-13(5,6)14(7,8)10-12(3)4/h9-10H,1-8H3. The quantitative estimate of drug-likeness (QED) is 0.556. The molecule has 0 saturated heterocycles. The third kappa shape index (κ3) is 3.69. The lowest BCUT2D eigenvalue weighted by Gasteiger charge is -2.38. The monoisotopic (exact) mass is 194 g/mol. The van der Waals surface area contributed by atoms with Crippen LogP contribution in [0, 0.1) is 10.8 Å². The predicted octanol–water partition coefficient (Wildman–Crippen LogP) is 4.97. The lowest BCUT2D eigenvalue weighted by atomic mass is 9.66. The normalized spacial score (nSPS) is 12.3. The lowest BCUT2D eigenvalue weighted by molar-refractivity contribution is 0.230. The van der Waals surface area contributed by atoms with E-state index < -0.39 is 0 Å². The van der Waals surface area contributed by atoms with Gasteiger partial charge in [0.2, 0.25) is 0 Å². The summed E-state index contributed by atoms with van der Waals surface area (Å²) in [5.41, 5.74) is 3.21. The molecule has 0 amide bonds. The van der Waals surface area contributed by atoms with E-state index in [1.807, 2.05) is 0 Å². The van der Waals surface area contributed by atoms with Gasteiger partial charge in [0, 0.05) is 0 Å². The molecule has 0 rings (SSSR count). The van der Waals surface area contributed by atoms with Crippen LogP contribution in [0.2, 0.25) is 0 Å². The first-order chi connectivity index (χ1) is 6.08. The van der Waals surface area contributed by atoms with Crippen LogP contribution in [-0.2, 0) is 0 Å². The molecule has 0 fully saturated rings. The first kappa shape index (κ1) is 13.5. The molecule has 0 radical (unpaired) electrons. The third-order valence-electron chi connectivity index (χ3n) is 2.96. The molecule has 0 aliphatic carbocycles. The molecular weight excluding hydrogens is 168 g/mol. The largest absolute Gasteiger partial charge is 0.0799 e. The molecule has 0 aromatic rings.